The van der Waals surface area contributed by atoms with Gasteiger partial charge in [0.1, 0.15) is 11.4 Å². The van der Waals surface area contributed by atoms with Crippen molar-refractivity contribution < 1.29 is 19.2 Å². The number of carbonyl (C=O) groups is 2. The fourth-order valence-electron chi connectivity index (χ4n) is 2.59. The van der Waals surface area contributed by atoms with Gasteiger partial charge >= 0.3 is 0 Å². The highest BCUT2D eigenvalue weighted by Crippen LogP contribution is 2.29. The number of rotatable bonds is 6. The SMILES string of the molecule is COc1ccc(NC(=O)c2ccc(NC(=O)c3ccccc3)cc2)c([N+](=O)[O-])c1. The van der Waals surface area contributed by atoms with E-state index in [1.165, 1.54) is 37.4 Å². The molecule has 29 heavy (non-hydrogen) atoms. The first-order valence-electron chi connectivity index (χ1n) is 8.58. The summed E-state index contributed by atoms with van der Waals surface area (Å²) >= 11 is 0. The molecule has 0 saturated carbocycles. The lowest BCUT2D eigenvalue weighted by atomic mass is 10.1. The molecule has 0 radical (unpaired) electrons. The molecule has 146 valence electrons. The van der Waals surface area contributed by atoms with Crippen LogP contribution in [0, 0.1) is 10.1 Å². The van der Waals surface area contributed by atoms with Gasteiger partial charge in [-0.1, -0.05) is 18.2 Å². The van der Waals surface area contributed by atoms with Crippen molar-refractivity contribution in [3.63, 3.8) is 0 Å². The highest BCUT2D eigenvalue weighted by atomic mass is 16.6. The maximum Gasteiger partial charge on any atom is 0.296 e. The number of hydrogen-bond donors (Lipinski definition) is 2. The van der Waals surface area contributed by atoms with E-state index in [9.17, 15) is 19.7 Å². The molecular formula is C21H17N3O5. The summed E-state index contributed by atoms with van der Waals surface area (Å²) in [6, 6.07) is 19.1. The molecule has 8 heteroatoms. The maximum absolute atomic E-state index is 12.4. The lowest BCUT2D eigenvalue weighted by Crippen LogP contribution is -2.14. The van der Waals surface area contributed by atoms with Crippen LogP contribution >= 0.6 is 0 Å². The minimum absolute atomic E-state index is 0.0576. The van der Waals surface area contributed by atoms with Crippen LogP contribution in [-0.4, -0.2) is 23.8 Å². The maximum atomic E-state index is 12.4. The third-order valence-corrected chi connectivity index (χ3v) is 4.09. The van der Waals surface area contributed by atoms with Gasteiger partial charge in [-0.2, -0.15) is 0 Å². The molecule has 0 aliphatic carbocycles. The van der Waals surface area contributed by atoms with Crippen LogP contribution in [0.25, 0.3) is 0 Å². The number of carbonyl (C=O) groups excluding carboxylic acids is 2. The summed E-state index contributed by atoms with van der Waals surface area (Å²) in [4.78, 5) is 35.2. The first-order chi connectivity index (χ1) is 14.0. The molecule has 3 aromatic carbocycles. The van der Waals surface area contributed by atoms with E-state index in [1.54, 1.807) is 36.4 Å². The number of nitrogens with one attached hydrogen (secondary N) is 2. The molecule has 0 bridgehead atoms. The summed E-state index contributed by atoms with van der Waals surface area (Å²) in [6.07, 6.45) is 0. The van der Waals surface area contributed by atoms with Crippen LogP contribution in [0.3, 0.4) is 0 Å². The Hall–Kier alpha value is -4.20. The molecule has 2 amide bonds. The molecule has 0 aliphatic rings. The van der Waals surface area contributed by atoms with Crippen LogP contribution in [-0.2, 0) is 0 Å². The molecule has 0 atom stereocenters. The molecule has 2 N–H and O–H groups in total. The highest BCUT2D eigenvalue weighted by molar-refractivity contribution is 6.07. The van der Waals surface area contributed by atoms with E-state index in [0.717, 1.165) is 0 Å². The van der Waals surface area contributed by atoms with Crippen molar-refractivity contribution in [2.24, 2.45) is 0 Å². The average molecular weight is 391 g/mol. The Bertz CT molecular complexity index is 1050. The Morgan fingerprint density at radius 1 is 0.862 bits per heavy atom. The quantitative estimate of drug-likeness (QED) is 0.485. The Morgan fingerprint density at radius 2 is 1.48 bits per heavy atom. The third kappa shape index (κ3) is 4.75. The minimum atomic E-state index is -0.597. The topological polar surface area (TPSA) is 111 Å². The fourth-order valence-corrected chi connectivity index (χ4v) is 2.59. The number of nitro groups is 1. The molecule has 0 heterocycles. The van der Waals surface area contributed by atoms with Crippen LogP contribution in [0.4, 0.5) is 17.1 Å². The van der Waals surface area contributed by atoms with Crippen molar-refractivity contribution in [2.45, 2.75) is 0 Å². The van der Waals surface area contributed by atoms with E-state index in [1.807, 2.05) is 6.07 Å². The van der Waals surface area contributed by atoms with Gasteiger partial charge in [0.05, 0.1) is 18.1 Å². The summed E-state index contributed by atoms with van der Waals surface area (Å²) in [5, 5.41) is 16.5. The van der Waals surface area contributed by atoms with Gasteiger partial charge in [-0.25, -0.2) is 0 Å². The van der Waals surface area contributed by atoms with Gasteiger partial charge in [-0.3, -0.25) is 19.7 Å². The van der Waals surface area contributed by atoms with Crippen LogP contribution in [0.1, 0.15) is 20.7 Å². The van der Waals surface area contributed by atoms with Crippen LogP contribution < -0.4 is 15.4 Å². The van der Waals surface area contributed by atoms with Gasteiger partial charge in [0.25, 0.3) is 17.5 Å². The predicted molar refractivity (Wildman–Crippen MR) is 108 cm³/mol. The van der Waals surface area contributed by atoms with Crippen molar-refractivity contribution >= 4 is 28.9 Å². The number of methoxy groups -OCH3 is 1. The van der Waals surface area contributed by atoms with Crippen molar-refractivity contribution in [1.29, 1.82) is 0 Å². The molecule has 8 nitrogen and oxygen atoms in total. The fraction of sp³-hybridized carbons (Fsp3) is 0.0476. The molecule has 0 unspecified atom stereocenters. The molecule has 0 fully saturated rings. The highest BCUT2D eigenvalue weighted by Gasteiger charge is 2.18. The molecule has 3 rings (SSSR count). The molecule has 3 aromatic rings. The largest absolute Gasteiger partial charge is 0.496 e. The normalized spacial score (nSPS) is 10.1. The number of nitrogens with zero attached hydrogens (tertiary/aromatic N) is 1. The molecule has 0 aromatic heterocycles. The van der Waals surface area contributed by atoms with Gasteiger partial charge in [0.15, 0.2) is 0 Å². The third-order valence-electron chi connectivity index (χ3n) is 4.09. The second-order valence-electron chi connectivity index (χ2n) is 5.99. The summed E-state index contributed by atoms with van der Waals surface area (Å²) in [5.74, 6) is -0.468. The van der Waals surface area contributed by atoms with Crippen LogP contribution in [0.5, 0.6) is 5.75 Å². The van der Waals surface area contributed by atoms with Gasteiger partial charge in [0, 0.05) is 16.8 Å². The number of amides is 2. The molecule has 0 saturated heterocycles. The predicted octanol–water partition coefficient (Wildman–Crippen LogP) is 4.11. The minimum Gasteiger partial charge on any atom is -0.496 e. The summed E-state index contributed by atoms with van der Waals surface area (Å²) in [7, 11) is 1.40. The Labute approximate surface area is 166 Å². The first-order valence-corrected chi connectivity index (χ1v) is 8.58. The molecule has 0 spiro atoms. The number of ether oxygens (including phenoxy) is 1. The first kappa shape index (κ1) is 19.6. The van der Waals surface area contributed by atoms with Gasteiger partial charge in [0.2, 0.25) is 0 Å². The average Bonchev–Trinajstić information content (AvgIpc) is 2.75. The van der Waals surface area contributed by atoms with E-state index in [0.29, 0.717) is 17.0 Å². The Kier molecular flexibility index (Phi) is 5.84. The zero-order valence-electron chi connectivity index (χ0n) is 15.4. The molecular weight excluding hydrogens is 374 g/mol. The number of hydrogen-bond acceptors (Lipinski definition) is 5. The summed E-state index contributed by atoms with van der Waals surface area (Å²) < 4.78 is 4.97. The Balaban J connectivity index is 1.71. The van der Waals surface area contributed by atoms with Crippen LogP contribution in [0.15, 0.2) is 72.8 Å². The Morgan fingerprint density at radius 3 is 2.10 bits per heavy atom. The lowest BCUT2D eigenvalue weighted by molar-refractivity contribution is -0.384. The van der Waals surface area contributed by atoms with Crippen LogP contribution in [0.2, 0.25) is 0 Å². The van der Waals surface area contributed by atoms with E-state index in [2.05, 4.69) is 10.6 Å². The van der Waals surface area contributed by atoms with E-state index in [-0.39, 0.29) is 22.8 Å². The van der Waals surface area contributed by atoms with Gasteiger partial charge in [-0.05, 0) is 48.5 Å². The zero-order chi connectivity index (χ0) is 20.8. The van der Waals surface area contributed by atoms with Crippen molar-refractivity contribution in [3.05, 3.63) is 94.0 Å². The van der Waals surface area contributed by atoms with E-state index < -0.39 is 10.8 Å². The lowest BCUT2D eigenvalue weighted by Gasteiger charge is -2.09. The second kappa shape index (κ2) is 8.66. The number of anilines is 2. The monoisotopic (exact) mass is 391 g/mol. The van der Waals surface area contributed by atoms with Crippen molar-refractivity contribution in [1.82, 2.24) is 0 Å². The standard InChI is InChI=1S/C21H17N3O5/c1-29-17-11-12-18(19(13-17)24(27)28)23-21(26)15-7-9-16(10-8-15)22-20(25)14-5-3-2-4-6-14/h2-13H,1H3,(H,22,25)(H,23,26). The second-order valence-corrected chi connectivity index (χ2v) is 5.99. The van der Waals surface area contributed by atoms with Gasteiger partial charge in [-0.15, -0.1) is 0 Å². The van der Waals surface area contributed by atoms with Gasteiger partial charge < -0.3 is 15.4 Å². The van der Waals surface area contributed by atoms with Crippen molar-refractivity contribution in [3.8, 4) is 5.75 Å². The van der Waals surface area contributed by atoms with E-state index >= 15 is 0 Å². The van der Waals surface area contributed by atoms with E-state index in [4.69, 9.17) is 4.74 Å². The number of benzene rings is 3. The van der Waals surface area contributed by atoms with Crippen molar-refractivity contribution in [2.75, 3.05) is 17.7 Å². The zero-order valence-corrected chi connectivity index (χ0v) is 15.4. The number of nitro benzene ring substituents is 1. The smallest absolute Gasteiger partial charge is 0.296 e. The summed E-state index contributed by atoms with van der Waals surface area (Å²) in [6.45, 7) is 0. The summed E-state index contributed by atoms with van der Waals surface area (Å²) in [5.41, 5.74) is 1.10. The molecule has 0 aliphatic heterocycles.